The normalized spacial score (nSPS) is 17.1. The molecule has 0 nitrogen and oxygen atoms in total. The van der Waals surface area contributed by atoms with E-state index in [1.54, 1.807) is 24.3 Å². The summed E-state index contributed by atoms with van der Waals surface area (Å²) in [6.07, 6.45) is 0. The van der Waals surface area contributed by atoms with Crippen molar-refractivity contribution in [2.75, 3.05) is 0 Å². The summed E-state index contributed by atoms with van der Waals surface area (Å²) >= 11 is 0. The molecule has 0 spiro atoms. The Labute approximate surface area is 301 Å². The van der Waals surface area contributed by atoms with Crippen molar-refractivity contribution < 1.29 is 23.3 Å². The number of hydrogen-bond donors (Lipinski definition) is 0. The zero-order chi connectivity index (χ0) is 46.1. The number of rotatable bonds is 3. The van der Waals surface area contributed by atoms with Crippen LogP contribution in [0.2, 0.25) is 0 Å². The van der Waals surface area contributed by atoms with Gasteiger partial charge in [-0.05, 0) is 115 Å². The zero-order valence-corrected chi connectivity index (χ0v) is 24.9. The highest BCUT2D eigenvalue weighted by Crippen LogP contribution is 2.44. The average molecular weight is 622 g/mol. The first kappa shape index (κ1) is 14.7. The molecule has 11 aromatic rings. The Balaban J connectivity index is 1.19. The predicted octanol–water partition coefficient (Wildman–Crippen LogP) is 13.6. The smallest absolute Gasteiger partial charge is 0.0616 e. The fraction of sp³-hybridized carbons (Fsp3) is 0. The molecule has 11 rings (SSSR count). The highest BCUT2D eigenvalue weighted by molar-refractivity contribution is 6.27. The molecule has 0 aliphatic carbocycles. The van der Waals surface area contributed by atoms with Gasteiger partial charge in [0.2, 0.25) is 0 Å². The Bertz CT molecular complexity index is 3980. The molecule has 0 fully saturated rings. The lowest BCUT2D eigenvalue weighted by atomic mass is 9.86. The van der Waals surface area contributed by atoms with Gasteiger partial charge in [-0.3, -0.25) is 0 Å². The maximum Gasteiger partial charge on any atom is 0.0630 e. The molecule has 0 heterocycles. The first-order chi connectivity index (χ1) is 30.9. The van der Waals surface area contributed by atoms with Gasteiger partial charge in [0.15, 0.2) is 0 Å². The van der Waals surface area contributed by atoms with Gasteiger partial charge in [0, 0.05) is 0 Å². The molecule has 0 radical (unpaired) electrons. The molecule has 0 aliphatic heterocycles. The van der Waals surface area contributed by atoms with Crippen LogP contribution in [0.15, 0.2) is 169 Å². The largest absolute Gasteiger partial charge is 0.0630 e. The van der Waals surface area contributed by atoms with Gasteiger partial charge in [-0.25, -0.2) is 0 Å². The molecule has 0 heteroatoms. The average Bonchev–Trinajstić information content (AvgIpc) is 3.29. The molecule has 220 valence electrons. The van der Waals surface area contributed by atoms with E-state index in [2.05, 4.69) is 0 Å². The zero-order valence-electron chi connectivity index (χ0n) is 41.9. The van der Waals surface area contributed by atoms with Crippen LogP contribution in [0.5, 0.6) is 0 Å². The SMILES string of the molecule is [2H]c1cc2c([2H])c([2H])c3c([2H])c([2H])c([2H])c4c([2H])c([2H])c(c1-c1ccc(-c5cccc(-c6c([2H])c([2H])c7c([2H])c([2H])c8c([2H])c([2H])c([2H])c9c([2H])c([2H])c6c7c89)c5)c5ccccc15)c2c34. The van der Waals surface area contributed by atoms with Gasteiger partial charge < -0.3 is 0 Å². The highest BCUT2D eigenvalue weighted by atomic mass is 14.2. The third-order valence-electron chi connectivity index (χ3n) is 9.36. The van der Waals surface area contributed by atoms with Crippen LogP contribution in [0.1, 0.15) is 23.3 Å². The van der Waals surface area contributed by atoms with E-state index >= 15 is 0 Å². The van der Waals surface area contributed by atoms with Gasteiger partial charge in [-0.2, -0.15) is 0 Å². The molecule has 0 aliphatic rings. The van der Waals surface area contributed by atoms with E-state index in [0.29, 0.717) is 33.0 Å². The summed E-state index contributed by atoms with van der Waals surface area (Å²) in [5.74, 6) is 0. The van der Waals surface area contributed by atoms with E-state index in [1.165, 1.54) is 6.07 Å². The molecule has 11 aromatic carbocycles. The third kappa shape index (κ3) is 3.55. The van der Waals surface area contributed by atoms with Crippen molar-refractivity contribution in [1.82, 2.24) is 0 Å². The Hall–Kier alpha value is -6.24. The lowest BCUT2D eigenvalue weighted by molar-refractivity contribution is 1.62. The van der Waals surface area contributed by atoms with Crippen molar-refractivity contribution in [1.29, 1.82) is 0 Å². The number of hydrogen-bond acceptors (Lipinski definition) is 0. The van der Waals surface area contributed by atoms with Gasteiger partial charge >= 0.3 is 0 Å². The Morgan fingerprint density at radius 3 is 1.48 bits per heavy atom. The summed E-state index contributed by atoms with van der Waals surface area (Å²) in [5, 5.41) is 1.74. The predicted molar refractivity (Wildman–Crippen MR) is 208 cm³/mol. The van der Waals surface area contributed by atoms with E-state index in [1.807, 2.05) is 36.4 Å². The van der Waals surface area contributed by atoms with E-state index in [0.717, 1.165) is 0 Å². The van der Waals surface area contributed by atoms with Gasteiger partial charge in [-0.1, -0.05) is 163 Å². The van der Waals surface area contributed by atoms with Crippen molar-refractivity contribution in [3.05, 3.63) is 169 Å². The standard InChI is InChI=1S/C48H28/c1-2-13-40-39(12-1)37(26-27-41(40)42-23-19-34-17-15-30-7-4-9-32-21-25-44(42)48(34)46(30)32)35-10-5-11-36(28-35)38-22-18-33-16-14-29-6-3-8-31-20-24-43(38)47(33)45(29)31/h1-28H/i3D,4D,6D,7D,8D,9D,14D,15D,16D,17D,18D,20D,21D,22D,23D,24D,25D. The molecule has 0 N–H and O–H groups in total. The third-order valence-corrected chi connectivity index (χ3v) is 9.36. The van der Waals surface area contributed by atoms with Gasteiger partial charge in [0.25, 0.3) is 0 Å². The van der Waals surface area contributed by atoms with Crippen LogP contribution in [0.4, 0.5) is 0 Å². The second-order valence-electron chi connectivity index (χ2n) is 11.9. The van der Waals surface area contributed by atoms with Crippen LogP contribution in [-0.2, 0) is 0 Å². The molecule has 0 aromatic heterocycles. The number of benzene rings is 11. The molecule has 48 heavy (non-hydrogen) atoms. The summed E-state index contributed by atoms with van der Waals surface area (Å²) in [7, 11) is 0. The van der Waals surface area contributed by atoms with E-state index in [-0.39, 0.29) is 106 Å². The fourth-order valence-electron chi connectivity index (χ4n) is 7.23. The highest BCUT2D eigenvalue weighted by Gasteiger charge is 2.17. The summed E-state index contributed by atoms with van der Waals surface area (Å²) in [5.41, 5.74) is 2.58. The Kier molecular flexibility index (Phi) is 2.95. The summed E-state index contributed by atoms with van der Waals surface area (Å²) < 4.78 is 152. The molecular formula is C48H28. The van der Waals surface area contributed by atoms with Crippen LogP contribution in [0.3, 0.4) is 0 Å². The minimum atomic E-state index is -0.548. The Morgan fingerprint density at radius 1 is 0.292 bits per heavy atom. The fourth-order valence-corrected chi connectivity index (χ4v) is 7.23. The van der Waals surface area contributed by atoms with Crippen LogP contribution in [0.25, 0.3) is 109 Å². The Morgan fingerprint density at radius 2 is 0.792 bits per heavy atom. The van der Waals surface area contributed by atoms with Crippen LogP contribution < -0.4 is 0 Å². The lowest BCUT2D eigenvalue weighted by Gasteiger charge is -2.17. The minimum absolute atomic E-state index is 0.0465. The van der Waals surface area contributed by atoms with Crippen molar-refractivity contribution in [3.63, 3.8) is 0 Å². The van der Waals surface area contributed by atoms with Crippen molar-refractivity contribution in [2.24, 2.45) is 0 Å². The molecule has 0 saturated carbocycles. The molecule has 0 saturated heterocycles. The molecule has 0 atom stereocenters. The maximum atomic E-state index is 9.36. The first-order valence-electron chi connectivity index (χ1n) is 23.9. The lowest BCUT2D eigenvalue weighted by Crippen LogP contribution is -1.90. The van der Waals surface area contributed by atoms with E-state index in [4.69, 9.17) is 16.4 Å². The van der Waals surface area contributed by atoms with Crippen LogP contribution in [0, 0.1) is 0 Å². The van der Waals surface area contributed by atoms with Crippen molar-refractivity contribution >= 4 is 75.4 Å². The van der Waals surface area contributed by atoms with Crippen molar-refractivity contribution in [3.8, 4) is 33.4 Å². The van der Waals surface area contributed by atoms with Gasteiger partial charge in [-0.15, -0.1) is 0 Å². The molecule has 0 bridgehead atoms. The summed E-state index contributed by atoms with van der Waals surface area (Å²) in [6, 6.07) is 12.5. The summed E-state index contributed by atoms with van der Waals surface area (Å²) in [6.45, 7) is 0. The molecule has 0 unspecified atom stereocenters. The van der Waals surface area contributed by atoms with Crippen LogP contribution >= 0.6 is 0 Å². The van der Waals surface area contributed by atoms with Crippen molar-refractivity contribution in [2.45, 2.75) is 0 Å². The summed E-state index contributed by atoms with van der Waals surface area (Å²) in [4.78, 5) is 0. The van der Waals surface area contributed by atoms with E-state index < -0.39 is 72.5 Å². The molecular weight excluding hydrogens is 577 g/mol. The van der Waals surface area contributed by atoms with Gasteiger partial charge in [0.1, 0.15) is 0 Å². The second kappa shape index (κ2) is 9.64. The van der Waals surface area contributed by atoms with Crippen LogP contribution in [-0.4, -0.2) is 0 Å². The second-order valence-corrected chi connectivity index (χ2v) is 11.9. The number of fused-ring (bicyclic) bond motifs is 1. The quantitative estimate of drug-likeness (QED) is 0.172. The maximum absolute atomic E-state index is 9.36. The monoisotopic (exact) mass is 621 g/mol. The van der Waals surface area contributed by atoms with Gasteiger partial charge in [0.05, 0.1) is 23.3 Å². The molecule has 0 amide bonds. The first-order valence-corrected chi connectivity index (χ1v) is 15.4. The van der Waals surface area contributed by atoms with E-state index in [9.17, 15) is 6.85 Å². The topological polar surface area (TPSA) is 0 Å². The minimum Gasteiger partial charge on any atom is -0.0616 e.